The summed E-state index contributed by atoms with van der Waals surface area (Å²) in [5.41, 5.74) is 5.16. The van der Waals surface area contributed by atoms with Gasteiger partial charge >= 0.3 is 11.8 Å². The van der Waals surface area contributed by atoms with E-state index in [4.69, 9.17) is 9.47 Å². The van der Waals surface area contributed by atoms with Gasteiger partial charge in [-0.3, -0.25) is 14.4 Å². The van der Waals surface area contributed by atoms with Crippen molar-refractivity contribution in [3.63, 3.8) is 0 Å². The maximum Gasteiger partial charge on any atom is 0.329 e. The van der Waals surface area contributed by atoms with E-state index in [2.05, 4.69) is 21.2 Å². The van der Waals surface area contributed by atoms with E-state index in [-0.39, 0.29) is 12.3 Å². The molecule has 0 aromatic heterocycles. The quantitative estimate of drug-likeness (QED) is 0.290. The van der Waals surface area contributed by atoms with Gasteiger partial charge in [-0.15, -0.1) is 0 Å². The normalized spacial score (nSPS) is 10.8. The van der Waals surface area contributed by atoms with Crippen LogP contribution in [0.1, 0.15) is 31.4 Å². The smallest absolute Gasteiger partial charge is 0.329 e. The average Bonchev–Trinajstić information content (AvgIpc) is 2.82. The van der Waals surface area contributed by atoms with Gasteiger partial charge in [0.2, 0.25) is 5.91 Å². The van der Waals surface area contributed by atoms with Crippen molar-refractivity contribution in [1.29, 1.82) is 0 Å². The SMILES string of the molecule is CCc1ccc(NC(=O)C(=O)N/N=C(\C)CC(=O)NCCc2ccc(OC)c(OC)c2)cc1. The van der Waals surface area contributed by atoms with E-state index < -0.39 is 11.8 Å². The first kappa shape index (κ1) is 25.4. The molecule has 2 rings (SSSR count). The molecule has 0 unspecified atom stereocenters. The lowest BCUT2D eigenvalue weighted by Gasteiger charge is -2.10. The fourth-order valence-corrected chi connectivity index (χ4v) is 2.93. The van der Waals surface area contributed by atoms with Crippen molar-refractivity contribution in [2.45, 2.75) is 33.1 Å². The van der Waals surface area contributed by atoms with E-state index in [9.17, 15) is 14.4 Å². The maximum atomic E-state index is 12.1. The van der Waals surface area contributed by atoms with Gasteiger partial charge in [0.05, 0.1) is 20.6 Å². The molecule has 3 N–H and O–H groups in total. The Morgan fingerprint density at radius 3 is 2.21 bits per heavy atom. The van der Waals surface area contributed by atoms with Gasteiger partial charge in [-0.1, -0.05) is 25.1 Å². The standard InChI is InChI=1S/C24H30N4O5/c1-5-17-6-9-19(10-7-17)26-23(30)24(31)28-27-16(2)14-22(29)25-13-12-18-8-11-20(32-3)21(15-18)33-4/h6-11,15H,5,12-14H2,1-4H3,(H,25,29)(H,26,30)(H,28,31)/b27-16+. The number of methoxy groups -OCH3 is 2. The van der Waals surface area contributed by atoms with E-state index in [1.165, 1.54) is 0 Å². The largest absolute Gasteiger partial charge is 0.493 e. The second-order valence-electron chi connectivity index (χ2n) is 7.26. The van der Waals surface area contributed by atoms with Crippen LogP contribution in [0.15, 0.2) is 47.6 Å². The van der Waals surface area contributed by atoms with E-state index in [0.717, 1.165) is 17.5 Å². The fraction of sp³-hybridized carbons (Fsp3) is 0.333. The lowest BCUT2D eigenvalue weighted by atomic mass is 10.1. The molecule has 3 amide bonds. The average molecular weight is 455 g/mol. The molecule has 0 aliphatic heterocycles. The summed E-state index contributed by atoms with van der Waals surface area (Å²) in [4.78, 5) is 36.0. The van der Waals surface area contributed by atoms with Crippen LogP contribution in [0.25, 0.3) is 0 Å². The Labute approximate surface area is 193 Å². The Hall–Kier alpha value is -3.88. The monoisotopic (exact) mass is 454 g/mol. The summed E-state index contributed by atoms with van der Waals surface area (Å²) < 4.78 is 10.5. The minimum absolute atomic E-state index is 0.00763. The molecule has 9 nitrogen and oxygen atoms in total. The first-order valence-corrected chi connectivity index (χ1v) is 10.6. The van der Waals surface area contributed by atoms with Crippen LogP contribution < -0.4 is 25.5 Å². The van der Waals surface area contributed by atoms with Crippen molar-refractivity contribution in [3.8, 4) is 11.5 Å². The number of anilines is 1. The third-order valence-electron chi connectivity index (χ3n) is 4.77. The highest BCUT2D eigenvalue weighted by molar-refractivity contribution is 6.39. The Morgan fingerprint density at radius 1 is 0.909 bits per heavy atom. The molecule has 0 atom stereocenters. The zero-order valence-electron chi connectivity index (χ0n) is 19.4. The predicted molar refractivity (Wildman–Crippen MR) is 127 cm³/mol. The molecule has 0 radical (unpaired) electrons. The number of aryl methyl sites for hydroxylation is 1. The minimum Gasteiger partial charge on any atom is -0.493 e. The van der Waals surface area contributed by atoms with Crippen molar-refractivity contribution < 1.29 is 23.9 Å². The highest BCUT2D eigenvalue weighted by Crippen LogP contribution is 2.27. The molecule has 0 aliphatic carbocycles. The molecule has 0 spiro atoms. The topological polar surface area (TPSA) is 118 Å². The Morgan fingerprint density at radius 2 is 1.58 bits per heavy atom. The van der Waals surface area contributed by atoms with Crippen LogP contribution in [0.5, 0.6) is 11.5 Å². The first-order valence-electron chi connectivity index (χ1n) is 10.6. The zero-order valence-corrected chi connectivity index (χ0v) is 19.4. The number of hydrazone groups is 1. The molecule has 33 heavy (non-hydrogen) atoms. The van der Waals surface area contributed by atoms with Gasteiger partial charge in [-0.05, 0) is 55.2 Å². The van der Waals surface area contributed by atoms with Gasteiger partial charge in [0.15, 0.2) is 11.5 Å². The predicted octanol–water partition coefficient (Wildman–Crippen LogP) is 2.45. The van der Waals surface area contributed by atoms with E-state index >= 15 is 0 Å². The molecule has 0 saturated carbocycles. The summed E-state index contributed by atoms with van der Waals surface area (Å²) >= 11 is 0. The van der Waals surface area contributed by atoms with Crippen LogP contribution in [0.2, 0.25) is 0 Å². The lowest BCUT2D eigenvalue weighted by Crippen LogP contribution is -2.33. The number of ether oxygens (including phenoxy) is 2. The molecule has 0 bridgehead atoms. The molecule has 2 aromatic rings. The summed E-state index contributed by atoms with van der Waals surface area (Å²) in [6.07, 6.45) is 1.48. The first-order chi connectivity index (χ1) is 15.9. The summed E-state index contributed by atoms with van der Waals surface area (Å²) in [5, 5.41) is 9.12. The van der Waals surface area contributed by atoms with Crippen molar-refractivity contribution in [2.75, 3.05) is 26.1 Å². The van der Waals surface area contributed by atoms with Crippen LogP contribution >= 0.6 is 0 Å². The summed E-state index contributed by atoms with van der Waals surface area (Å²) in [5.74, 6) is -0.728. The Kier molecular flexibility index (Phi) is 9.88. The van der Waals surface area contributed by atoms with Gasteiger partial charge < -0.3 is 20.1 Å². The highest BCUT2D eigenvalue weighted by Gasteiger charge is 2.13. The highest BCUT2D eigenvalue weighted by atomic mass is 16.5. The van der Waals surface area contributed by atoms with Crippen molar-refractivity contribution in [2.24, 2.45) is 5.10 Å². The molecule has 2 aromatic carbocycles. The van der Waals surface area contributed by atoms with Gasteiger partial charge in [0.25, 0.3) is 0 Å². The number of amides is 3. The Bertz CT molecular complexity index is 1000. The molecular formula is C24H30N4O5. The second-order valence-corrected chi connectivity index (χ2v) is 7.26. The van der Waals surface area contributed by atoms with Crippen LogP contribution in [0, 0.1) is 0 Å². The number of hydrogen-bond acceptors (Lipinski definition) is 6. The summed E-state index contributed by atoms with van der Waals surface area (Å²) in [6.45, 7) is 4.04. The van der Waals surface area contributed by atoms with Crippen molar-refractivity contribution >= 4 is 29.1 Å². The van der Waals surface area contributed by atoms with E-state index in [1.54, 1.807) is 33.3 Å². The number of rotatable bonds is 10. The molecule has 0 heterocycles. The number of nitrogens with one attached hydrogen (secondary N) is 3. The third kappa shape index (κ3) is 8.29. The molecule has 0 saturated heterocycles. The van der Waals surface area contributed by atoms with E-state index in [1.807, 2.05) is 37.3 Å². The third-order valence-corrected chi connectivity index (χ3v) is 4.77. The minimum atomic E-state index is -0.914. The summed E-state index contributed by atoms with van der Waals surface area (Å²) in [7, 11) is 3.14. The molecule has 0 aliphatic rings. The number of nitrogens with zero attached hydrogens (tertiary/aromatic N) is 1. The van der Waals surface area contributed by atoms with Gasteiger partial charge in [-0.2, -0.15) is 5.10 Å². The van der Waals surface area contributed by atoms with Crippen LogP contribution in [0.3, 0.4) is 0 Å². The number of hydrogen-bond donors (Lipinski definition) is 3. The maximum absolute atomic E-state index is 12.1. The number of benzene rings is 2. The fourth-order valence-electron chi connectivity index (χ4n) is 2.93. The van der Waals surface area contributed by atoms with Crippen molar-refractivity contribution in [1.82, 2.24) is 10.7 Å². The number of carbonyl (C=O) groups is 3. The van der Waals surface area contributed by atoms with Crippen LogP contribution in [-0.2, 0) is 27.2 Å². The van der Waals surface area contributed by atoms with Crippen LogP contribution in [0.4, 0.5) is 5.69 Å². The molecule has 0 fully saturated rings. The zero-order chi connectivity index (χ0) is 24.2. The second kappa shape index (κ2) is 12.8. The van der Waals surface area contributed by atoms with Crippen LogP contribution in [-0.4, -0.2) is 44.2 Å². The molecule has 176 valence electrons. The molecular weight excluding hydrogens is 424 g/mol. The van der Waals surface area contributed by atoms with Crippen molar-refractivity contribution in [3.05, 3.63) is 53.6 Å². The van der Waals surface area contributed by atoms with Gasteiger partial charge in [0.1, 0.15) is 0 Å². The molecule has 9 heteroatoms. The van der Waals surface area contributed by atoms with E-state index in [0.29, 0.717) is 35.9 Å². The van der Waals surface area contributed by atoms with Gasteiger partial charge in [-0.25, -0.2) is 5.43 Å². The lowest BCUT2D eigenvalue weighted by molar-refractivity contribution is -0.136. The Balaban J connectivity index is 1.75. The summed E-state index contributed by atoms with van der Waals surface area (Å²) in [6, 6.07) is 12.8. The van der Waals surface area contributed by atoms with Gasteiger partial charge in [0, 0.05) is 17.9 Å². The number of carbonyl (C=O) groups excluding carboxylic acids is 3.